The Bertz CT molecular complexity index is 1230. The van der Waals surface area contributed by atoms with Crippen molar-refractivity contribution in [3.05, 3.63) is 75.6 Å². The summed E-state index contributed by atoms with van der Waals surface area (Å²) in [6, 6.07) is 14.5. The summed E-state index contributed by atoms with van der Waals surface area (Å²) in [5.41, 5.74) is 1.14. The number of halogens is 1. The zero-order chi connectivity index (χ0) is 20.5. The van der Waals surface area contributed by atoms with Gasteiger partial charge in [-0.05, 0) is 37.3 Å². The van der Waals surface area contributed by atoms with E-state index in [1.165, 1.54) is 11.8 Å². The second kappa shape index (κ2) is 8.00. The molecule has 0 saturated carbocycles. The molecule has 0 unspecified atom stereocenters. The summed E-state index contributed by atoms with van der Waals surface area (Å²) in [5.74, 6) is 1.33. The molecule has 1 atom stereocenters. The maximum Gasteiger partial charge on any atom is 0.266 e. The number of benzene rings is 2. The molecular weight excluding hydrogens is 408 g/mol. The van der Waals surface area contributed by atoms with Gasteiger partial charge in [-0.1, -0.05) is 60.6 Å². The Balaban J connectivity index is 1.83. The molecule has 0 saturated heterocycles. The van der Waals surface area contributed by atoms with Gasteiger partial charge in [-0.15, -0.1) is 0 Å². The summed E-state index contributed by atoms with van der Waals surface area (Å²) in [6.07, 6.45) is 0. The van der Waals surface area contributed by atoms with Crippen LogP contribution in [-0.4, -0.2) is 19.7 Å². The number of hydrogen-bond acceptors (Lipinski definition) is 6. The molecule has 29 heavy (non-hydrogen) atoms. The summed E-state index contributed by atoms with van der Waals surface area (Å²) in [5, 5.41) is 5.47. The molecule has 0 aliphatic rings. The van der Waals surface area contributed by atoms with Crippen LogP contribution in [0.1, 0.15) is 43.7 Å². The minimum atomic E-state index is -0.187. The van der Waals surface area contributed by atoms with Crippen molar-refractivity contribution in [2.24, 2.45) is 0 Å². The van der Waals surface area contributed by atoms with Gasteiger partial charge < -0.3 is 4.52 Å². The maximum absolute atomic E-state index is 13.3. The molecule has 6 nitrogen and oxygen atoms in total. The first-order valence-electron chi connectivity index (χ1n) is 9.22. The lowest BCUT2D eigenvalue weighted by Crippen LogP contribution is -2.22. The van der Waals surface area contributed by atoms with E-state index in [1.54, 1.807) is 22.8 Å². The van der Waals surface area contributed by atoms with E-state index in [2.05, 4.69) is 10.1 Å². The fourth-order valence-corrected chi connectivity index (χ4v) is 4.03. The number of hydrogen-bond donors (Lipinski definition) is 0. The van der Waals surface area contributed by atoms with E-state index in [1.807, 2.05) is 51.1 Å². The van der Waals surface area contributed by atoms with Gasteiger partial charge in [0.15, 0.2) is 11.0 Å². The third-order valence-electron chi connectivity index (χ3n) is 4.42. The molecule has 2 aromatic heterocycles. The van der Waals surface area contributed by atoms with E-state index < -0.39 is 0 Å². The zero-order valence-electron chi connectivity index (χ0n) is 16.2. The van der Waals surface area contributed by atoms with Crippen LogP contribution in [0.15, 0.2) is 63.0 Å². The molecule has 0 amide bonds. The maximum atomic E-state index is 13.3. The molecule has 0 aliphatic carbocycles. The number of rotatable bonds is 5. The van der Waals surface area contributed by atoms with Crippen molar-refractivity contribution < 1.29 is 4.52 Å². The fraction of sp³-hybridized carbons (Fsp3) is 0.238. The van der Waals surface area contributed by atoms with Crippen LogP contribution in [0.2, 0.25) is 5.02 Å². The number of aromatic nitrogens is 4. The SMILES string of the molecule is CC(C)c1noc([C@H](C)Sc2nc3ccccc3c(=O)n2-c2cccc(Cl)c2)n1. The van der Waals surface area contributed by atoms with Crippen LogP contribution in [0.25, 0.3) is 16.6 Å². The highest BCUT2D eigenvalue weighted by molar-refractivity contribution is 7.99. The first-order valence-corrected chi connectivity index (χ1v) is 10.5. The van der Waals surface area contributed by atoms with Gasteiger partial charge in [0.1, 0.15) is 0 Å². The highest BCUT2D eigenvalue weighted by Gasteiger charge is 2.21. The van der Waals surface area contributed by atoms with Crippen LogP contribution in [0.5, 0.6) is 0 Å². The van der Waals surface area contributed by atoms with Gasteiger partial charge in [0.2, 0.25) is 5.89 Å². The molecule has 2 heterocycles. The first kappa shape index (κ1) is 19.7. The average Bonchev–Trinajstić information content (AvgIpc) is 3.19. The van der Waals surface area contributed by atoms with Crippen molar-refractivity contribution in [2.45, 2.75) is 37.1 Å². The van der Waals surface area contributed by atoms with Crippen LogP contribution in [0.4, 0.5) is 0 Å². The van der Waals surface area contributed by atoms with E-state index in [0.29, 0.717) is 38.5 Å². The smallest absolute Gasteiger partial charge is 0.266 e. The average molecular weight is 427 g/mol. The van der Waals surface area contributed by atoms with E-state index in [0.717, 1.165) is 0 Å². The topological polar surface area (TPSA) is 73.8 Å². The standard InChI is InChI=1S/C21H19ClN4O2S/c1-12(2)18-24-19(28-25-18)13(3)29-21-23-17-10-5-4-9-16(17)20(27)26(21)15-8-6-7-14(22)11-15/h4-13H,1-3H3/t13-/m0/s1. The van der Waals surface area contributed by atoms with Crippen molar-refractivity contribution in [3.63, 3.8) is 0 Å². The molecule has 4 aromatic rings. The third-order valence-corrected chi connectivity index (χ3v) is 5.69. The van der Waals surface area contributed by atoms with E-state index in [-0.39, 0.29) is 16.7 Å². The molecule has 0 bridgehead atoms. The Hall–Kier alpha value is -2.64. The fourth-order valence-electron chi connectivity index (χ4n) is 2.89. The van der Waals surface area contributed by atoms with Crippen molar-refractivity contribution in [1.29, 1.82) is 0 Å². The molecule has 0 fully saturated rings. The third kappa shape index (κ3) is 3.93. The summed E-state index contributed by atoms with van der Waals surface area (Å²) in [4.78, 5) is 22.5. The van der Waals surface area contributed by atoms with Gasteiger partial charge in [0.25, 0.3) is 5.56 Å². The van der Waals surface area contributed by atoms with E-state index in [9.17, 15) is 4.79 Å². The van der Waals surface area contributed by atoms with Crippen LogP contribution in [-0.2, 0) is 0 Å². The molecule has 0 N–H and O–H groups in total. The number of thioether (sulfide) groups is 1. The molecular formula is C21H19ClN4O2S. The summed E-state index contributed by atoms with van der Waals surface area (Å²) >= 11 is 7.57. The minimum Gasteiger partial charge on any atom is -0.338 e. The van der Waals surface area contributed by atoms with Crippen LogP contribution in [0.3, 0.4) is 0 Å². The van der Waals surface area contributed by atoms with Crippen molar-refractivity contribution in [2.75, 3.05) is 0 Å². The predicted octanol–water partition coefficient (Wildman–Crippen LogP) is 5.40. The van der Waals surface area contributed by atoms with Crippen molar-refractivity contribution in [3.8, 4) is 5.69 Å². The second-order valence-electron chi connectivity index (χ2n) is 6.94. The Labute approximate surface area is 176 Å². The van der Waals surface area contributed by atoms with E-state index >= 15 is 0 Å². The zero-order valence-corrected chi connectivity index (χ0v) is 17.7. The van der Waals surface area contributed by atoms with Crippen molar-refractivity contribution in [1.82, 2.24) is 19.7 Å². The van der Waals surface area contributed by atoms with Crippen LogP contribution in [0, 0.1) is 0 Å². The lowest BCUT2D eigenvalue weighted by atomic mass is 10.2. The normalized spacial score (nSPS) is 12.6. The molecule has 2 aromatic carbocycles. The lowest BCUT2D eigenvalue weighted by molar-refractivity contribution is 0.373. The lowest BCUT2D eigenvalue weighted by Gasteiger charge is -2.15. The molecule has 0 aliphatic heterocycles. The highest BCUT2D eigenvalue weighted by Crippen LogP contribution is 2.34. The molecule has 4 rings (SSSR count). The van der Waals surface area contributed by atoms with Crippen LogP contribution < -0.4 is 5.56 Å². The molecule has 8 heteroatoms. The van der Waals surface area contributed by atoms with Crippen molar-refractivity contribution >= 4 is 34.3 Å². The number of fused-ring (bicyclic) bond motifs is 1. The van der Waals surface area contributed by atoms with Gasteiger partial charge >= 0.3 is 0 Å². The molecule has 148 valence electrons. The monoisotopic (exact) mass is 426 g/mol. The number of nitrogens with zero attached hydrogens (tertiary/aromatic N) is 4. The highest BCUT2D eigenvalue weighted by atomic mass is 35.5. The van der Waals surface area contributed by atoms with Gasteiger partial charge in [-0.3, -0.25) is 9.36 Å². The Morgan fingerprint density at radius 2 is 1.86 bits per heavy atom. The van der Waals surface area contributed by atoms with E-state index in [4.69, 9.17) is 21.1 Å². The van der Waals surface area contributed by atoms with Gasteiger partial charge in [0, 0.05) is 10.9 Å². The Morgan fingerprint density at radius 1 is 1.07 bits per heavy atom. The van der Waals surface area contributed by atoms with Gasteiger partial charge in [-0.2, -0.15) is 4.98 Å². The Kier molecular flexibility index (Phi) is 5.43. The summed E-state index contributed by atoms with van der Waals surface area (Å²) in [6.45, 7) is 5.97. The summed E-state index contributed by atoms with van der Waals surface area (Å²) in [7, 11) is 0. The van der Waals surface area contributed by atoms with Gasteiger partial charge in [0.05, 0.1) is 21.8 Å². The molecule has 0 radical (unpaired) electrons. The first-order chi connectivity index (χ1) is 13.9. The largest absolute Gasteiger partial charge is 0.338 e. The minimum absolute atomic E-state index is 0.152. The summed E-state index contributed by atoms with van der Waals surface area (Å²) < 4.78 is 7.00. The quantitative estimate of drug-likeness (QED) is 0.314. The number of para-hydroxylation sites is 1. The predicted molar refractivity (Wildman–Crippen MR) is 115 cm³/mol. The molecule has 0 spiro atoms. The van der Waals surface area contributed by atoms with Gasteiger partial charge in [-0.25, -0.2) is 4.98 Å². The Morgan fingerprint density at radius 3 is 2.59 bits per heavy atom. The van der Waals surface area contributed by atoms with Crippen LogP contribution >= 0.6 is 23.4 Å². The second-order valence-corrected chi connectivity index (χ2v) is 8.68.